The van der Waals surface area contributed by atoms with Crippen molar-refractivity contribution in [2.24, 2.45) is 0 Å². The Balaban J connectivity index is 0.00000243. The van der Waals surface area contributed by atoms with Crippen LogP contribution >= 0.6 is 12.4 Å². The minimum atomic E-state index is -3.42. The average molecular weight is 395 g/mol. The van der Waals surface area contributed by atoms with Gasteiger partial charge in [0.2, 0.25) is 0 Å². The molecule has 0 saturated carbocycles. The van der Waals surface area contributed by atoms with E-state index < -0.39 is 9.84 Å². The second kappa shape index (κ2) is 9.16. The van der Waals surface area contributed by atoms with E-state index in [1.807, 2.05) is 4.90 Å². The Bertz CT molecular complexity index is 833. The molecule has 1 N–H and O–H groups in total. The number of hydrogen-bond donors (Lipinski definition) is 1. The van der Waals surface area contributed by atoms with Crippen LogP contribution in [0.4, 0.5) is 0 Å². The van der Waals surface area contributed by atoms with Crippen LogP contribution in [-0.2, 0) is 15.6 Å². The lowest BCUT2D eigenvalue weighted by atomic mass is 10.1. The van der Waals surface area contributed by atoms with Crippen molar-refractivity contribution in [1.29, 1.82) is 0 Å². The third-order valence-corrected chi connectivity index (χ3v) is 5.96. The molecule has 1 heterocycles. The van der Waals surface area contributed by atoms with Gasteiger partial charge >= 0.3 is 0 Å². The fraction of sp³-hybridized carbons (Fsp3) is 0.316. The molecule has 2 aromatic carbocycles. The van der Waals surface area contributed by atoms with Crippen molar-refractivity contribution in [3.63, 3.8) is 0 Å². The fourth-order valence-corrected chi connectivity index (χ4v) is 4.31. The molecular formula is C19H23ClN2O3S. The predicted octanol–water partition coefficient (Wildman–Crippen LogP) is 2.52. The molecular weight excluding hydrogens is 372 g/mol. The Kier molecular flexibility index (Phi) is 7.20. The average Bonchev–Trinajstić information content (AvgIpc) is 2.91. The molecule has 2 aromatic rings. The van der Waals surface area contributed by atoms with Gasteiger partial charge in [0, 0.05) is 25.2 Å². The first-order valence-corrected chi connectivity index (χ1v) is 10.1. The largest absolute Gasteiger partial charge is 0.337 e. The van der Waals surface area contributed by atoms with E-state index in [9.17, 15) is 13.2 Å². The number of carbonyl (C=O) groups excluding carboxylic acids is 1. The molecule has 5 nitrogen and oxygen atoms in total. The maximum Gasteiger partial charge on any atom is 0.253 e. The molecule has 1 amide bonds. The quantitative estimate of drug-likeness (QED) is 0.865. The highest BCUT2D eigenvalue weighted by Crippen LogP contribution is 2.18. The lowest BCUT2D eigenvalue weighted by molar-refractivity contribution is 0.0766. The van der Waals surface area contributed by atoms with Crippen LogP contribution in [0.5, 0.6) is 0 Å². The highest BCUT2D eigenvalue weighted by molar-refractivity contribution is 7.90. The zero-order valence-corrected chi connectivity index (χ0v) is 16.1. The molecule has 1 fully saturated rings. The summed E-state index contributed by atoms with van der Waals surface area (Å²) in [4.78, 5) is 14.8. The molecule has 0 atom stereocenters. The van der Waals surface area contributed by atoms with Crippen LogP contribution < -0.4 is 5.32 Å². The van der Waals surface area contributed by atoms with Gasteiger partial charge in [-0.05, 0) is 42.8 Å². The number of nitrogens with one attached hydrogen (secondary N) is 1. The summed E-state index contributed by atoms with van der Waals surface area (Å²) >= 11 is 0. The number of amides is 1. The van der Waals surface area contributed by atoms with Gasteiger partial charge in [-0.2, -0.15) is 0 Å². The van der Waals surface area contributed by atoms with Gasteiger partial charge in [0.05, 0.1) is 10.6 Å². The minimum absolute atomic E-state index is 0. The molecule has 3 rings (SSSR count). The fourth-order valence-electron chi connectivity index (χ4n) is 2.96. The summed E-state index contributed by atoms with van der Waals surface area (Å²) in [5.74, 6) is -0.151. The molecule has 26 heavy (non-hydrogen) atoms. The van der Waals surface area contributed by atoms with Gasteiger partial charge in [-0.25, -0.2) is 8.42 Å². The Hall–Kier alpha value is -1.89. The molecule has 0 bridgehead atoms. The van der Waals surface area contributed by atoms with Crippen molar-refractivity contribution in [2.45, 2.75) is 17.1 Å². The minimum Gasteiger partial charge on any atom is -0.337 e. The topological polar surface area (TPSA) is 66.5 Å². The summed E-state index contributed by atoms with van der Waals surface area (Å²) in [6.07, 6.45) is 0.924. The summed E-state index contributed by atoms with van der Waals surface area (Å²) in [5.41, 5.74) is 1.17. The zero-order valence-electron chi connectivity index (χ0n) is 14.4. The van der Waals surface area contributed by atoms with Crippen LogP contribution in [-0.4, -0.2) is 45.4 Å². The Morgan fingerprint density at radius 1 is 1.00 bits per heavy atom. The van der Waals surface area contributed by atoms with E-state index >= 15 is 0 Å². The van der Waals surface area contributed by atoms with E-state index in [0.717, 1.165) is 26.1 Å². The molecule has 140 valence electrons. The van der Waals surface area contributed by atoms with Crippen LogP contribution in [0.2, 0.25) is 0 Å². The third kappa shape index (κ3) is 5.06. The molecule has 0 aliphatic carbocycles. The van der Waals surface area contributed by atoms with Gasteiger partial charge in [0.25, 0.3) is 5.91 Å². The molecule has 1 aliphatic heterocycles. The zero-order chi connectivity index (χ0) is 17.7. The van der Waals surface area contributed by atoms with Crippen molar-refractivity contribution in [3.8, 4) is 0 Å². The van der Waals surface area contributed by atoms with E-state index in [0.29, 0.717) is 22.6 Å². The first-order valence-electron chi connectivity index (χ1n) is 8.43. The second-order valence-corrected chi connectivity index (χ2v) is 8.16. The maximum atomic E-state index is 12.7. The molecule has 0 aromatic heterocycles. The van der Waals surface area contributed by atoms with Gasteiger partial charge in [-0.3, -0.25) is 4.79 Å². The highest BCUT2D eigenvalue weighted by atomic mass is 35.5. The molecule has 7 heteroatoms. The Labute approximate surface area is 160 Å². The first kappa shape index (κ1) is 20.4. The van der Waals surface area contributed by atoms with Crippen molar-refractivity contribution >= 4 is 28.2 Å². The number of carbonyl (C=O) groups is 1. The van der Waals surface area contributed by atoms with Crippen LogP contribution in [0.25, 0.3) is 0 Å². The molecule has 1 saturated heterocycles. The van der Waals surface area contributed by atoms with Crippen LogP contribution in [0, 0.1) is 0 Å². The first-order chi connectivity index (χ1) is 12.1. The van der Waals surface area contributed by atoms with Crippen molar-refractivity contribution in [1.82, 2.24) is 10.2 Å². The van der Waals surface area contributed by atoms with E-state index in [4.69, 9.17) is 0 Å². The number of benzene rings is 2. The van der Waals surface area contributed by atoms with E-state index in [-0.39, 0.29) is 24.1 Å². The van der Waals surface area contributed by atoms with Crippen LogP contribution in [0.3, 0.4) is 0 Å². The van der Waals surface area contributed by atoms with E-state index in [1.54, 1.807) is 54.6 Å². The summed E-state index contributed by atoms with van der Waals surface area (Å²) < 4.78 is 25.1. The normalized spacial score (nSPS) is 15.0. The van der Waals surface area contributed by atoms with Gasteiger partial charge < -0.3 is 10.2 Å². The van der Waals surface area contributed by atoms with Gasteiger partial charge in [0.1, 0.15) is 0 Å². The predicted molar refractivity (Wildman–Crippen MR) is 104 cm³/mol. The molecule has 1 aliphatic rings. The van der Waals surface area contributed by atoms with Crippen LogP contribution in [0.15, 0.2) is 59.5 Å². The summed E-state index contributed by atoms with van der Waals surface area (Å²) in [6.45, 7) is 3.09. The van der Waals surface area contributed by atoms with Crippen molar-refractivity contribution < 1.29 is 13.2 Å². The summed E-state index contributed by atoms with van der Waals surface area (Å²) in [6, 6.07) is 15.3. The second-order valence-electron chi connectivity index (χ2n) is 6.17. The third-order valence-electron chi connectivity index (χ3n) is 4.26. The molecule has 0 unspecified atom stereocenters. The van der Waals surface area contributed by atoms with E-state index in [2.05, 4.69) is 5.32 Å². The highest BCUT2D eigenvalue weighted by Gasteiger charge is 2.19. The van der Waals surface area contributed by atoms with Gasteiger partial charge in [-0.1, -0.05) is 30.3 Å². The standard InChI is InChI=1S/C19H22N2O3S.ClH/c22-19(21-12-5-10-20-11-13-21)17-7-4-6-16(14-17)15-25(23,24)18-8-2-1-3-9-18;/h1-4,6-9,14,20H,5,10-13,15H2;1H. The van der Waals surface area contributed by atoms with Crippen molar-refractivity contribution in [3.05, 3.63) is 65.7 Å². The monoisotopic (exact) mass is 394 g/mol. The van der Waals surface area contributed by atoms with Gasteiger partial charge in [0.15, 0.2) is 9.84 Å². The molecule has 0 spiro atoms. The number of rotatable bonds is 4. The molecule has 0 radical (unpaired) electrons. The van der Waals surface area contributed by atoms with E-state index in [1.165, 1.54) is 0 Å². The SMILES string of the molecule is Cl.O=C(c1cccc(CS(=O)(=O)c2ccccc2)c1)N1CCCNCC1. The number of sulfone groups is 1. The van der Waals surface area contributed by atoms with Gasteiger partial charge in [-0.15, -0.1) is 12.4 Å². The van der Waals surface area contributed by atoms with Crippen molar-refractivity contribution in [2.75, 3.05) is 26.2 Å². The Morgan fingerprint density at radius 2 is 1.77 bits per heavy atom. The lowest BCUT2D eigenvalue weighted by Crippen LogP contribution is -2.34. The maximum absolute atomic E-state index is 12.7. The number of halogens is 1. The van der Waals surface area contributed by atoms with Crippen LogP contribution in [0.1, 0.15) is 22.3 Å². The summed E-state index contributed by atoms with van der Waals surface area (Å²) in [7, 11) is -3.42. The number of hydrogen-bond acceptors (Lipinski definition) is 4. The smallest absolute Gasteiger partial charge is 0.253 e. The number of nitrogens with zero attached hydrogens (tertiary/aromatic N) is 1. The summed E-state index contributed by atoms with van der Waals surface area (Å²) in [5, 5.41) is 3.27. The lowest BCUT2D eigenvalue weighted by Gasteiger charge is -2.20. The Morgan fingerprint density at radius 3 is 2.54 bits per heavy atom.